The second-order valence-electron chi connectivity index (χ2n) is 4.97. The molecule has 2 aromatic heterocycles. The molecule has 2 heterocycles. The fourth-order valence-corrected chi connectivity index (χ4v) is 2.38. The summed E-state index contributed by atoms with van der Waals surface area (Å²) in [6.45, 7) is 0.669. The number of aromatic nitrogens is 3. The number of nitriles is 1. The molecule has 0 atom stereocenters. The van der Waals surface area contributed by atoms with Crippen molar-refractivity contribution in [2.45, 2.75) is 6.54 Å². The van der Waals surface area contributed by atoms with Gasteiger partial charge in [0, 0.05) is 37.6 Å². The molecule has 0 aliphatic heterocycles. The summed E-state index contributed by atoms with van der Waals surface area (Å²) in [4.78, 5) is 10.8. The van der Waals surface area contributed by atoms with E-state index in [1.807, 2.05) is 55.2 Å². The Bertz CT molecular complexity index is 828. The van der Waals surface area contributed by atoms with Crippen LogP contribution >= 0.6 is 0 Å². The number of pyridine rings is 1. The Balaban J connectivity index is 2.06. The van der Waals surface area contributed by atoms with Gasteiger partial charge >= 0.3 is 0 Å². The molecule has 3 rings (SSSR count). The van der Waals surface area contributed by atoms with Crippen molar-refractivity contribution in [2.75, 3.05) is 11.9 Å². The first kappa shape index (κ1) is 13.1. The van der Waals surface area contributed by atoms with Crippen LogP contribution < -0.4 is 4.90 Å². The van der Waals surface area contributed by atoms with Gasteiger partial charge in [0.1, 0.15) is 17.6 Å². The fourth-order valence-electron chi connectivity index (χ4n) is 2.38. The highest BCUT2D eigenvalue weighted by Crippen LogP contribution is 2.26. The number of rotatable bonds is 3. The van der Waals surface area contributed by atoms with Crippen molar-refractivity contribution in [1.82, 2.24) is 14.5 Å². The van der Waals surface area contributed by atoms with Crippen molar-refractivity contribution >= 4 is 16.6 Å². The smallest absolute Gasteiger partial charge is 0.143 e. The third-order valence-electron chi connectivity index (χ3n) is 3.52. The standard InChI is InChI=1S/C16H15N5/c1-20-8-7-18-16(20)11-21(2)15-9-12(10-17)19-14-6-4-3-5-13(14)15/h3-9H,11H2,1-2H3. The quantitative estimate of drug-likeness (QED) is 0.738. The van der Waals surface area contributed by atoms with Crippen molar-refractivity contribution < 1.29 is 0 Å². The Labute approximate surface area is 123 Å². The summed E-state index contributed by atoms with van der Waals surface area (Å²) >= 11 is 0. The number of benzene rings is 1. The Hall–Kier alpha value is -2.87. The topological polar surface area (TPSA) is 57.7 Å². The van der Waals surface area contributed by atoms with E-state index in [0.717, 1.165) is 22.4 Å². The average Bonchev–Trinajstić information content (AvgIpc) is 2.91. The van der Waals surface area contributed by atoms with Crippen LogP contribution in [0.15, 0.2) is 42.7 Å². The van der Waals surface area contributed by atoms with E-state index in [1.54, 1.807) is 6.20 Å². The molecule has 0 radical (unpaired) electrons. The summed E-state index contributed by atoms with van der Waals surface area (Å²) in [5.74, 6) is 0.969. The third-order valence-corrected chi connectivity index (χ3v) is 3.52. The molecule has 0 bridgehead atoms. The van der Waals surface area contributed by atoms with Gasteiger partial charge < -0.3 is 9.47 Å². The minimum Gasteiger partial charge on any atom is -0.366 e. The average molecular weight is 277 g/mol. The number of hydrogen-bond donors (Lipinski definition) is 0. The van der Waals surface area contributed by atoms with Gasteiger partial charge in [-0.1, -0.05) is 18.2 Å². The van der Waals surface area contributed by atoms with E-state index in [0.29, 0.717) is 12.2 Å². The first-order chi connectivity index (χ1) is 10.2. The number of nitrogens with zero attached hydrogens (tertiary/aromatic N) is 5. The summed E-state index contributed by atoms with van der Waals surface area (Å²) in [6, 6.07) is 11.8. The van der Waals surface area contributed by atoms with Crippen LogP contribution in [-0.4, -0.2) is 21.6 Å². The maximum absolute atomic E-state index is 9.16. The molecule has 0 N–H and O–H groups in total. The predicted octanol–water partition coefficient (Wildman–Crippen LogP) is 2.48. The summed E-state index contributed by atoms with van der Waals surface area (Å²) < 4.78 is 1.99. The SMILES string of the molecule is CN(Cc1nccn1C)c1cc(C#N)nc2ccccc12. The van der Waals surface area contributed by atoms with Crippen LogP contribution in [0, 0.1) is 11.3 Å². The molecule has 0 fully saturated rings. The highest BCUT2D eigenvalue weighted by molar-refractivity contribution is 5.92. The molecule has 21 heavy (non-hydrogen) atoms. The second kappa shape index (κ2) is 5.25. The number of fused-ring (bicyclic) bond motifs is 1. The lowest BCUT2D eigenvalue weighted by molar-refractivity contribution is 0.763. The number of anilines is 1. The molecule has 0 aliphatic carbocycles. The Kier molecular flexibility index (Phi) is 3.28. The van der Waals surface area contributed by atoms with Crippen molar-refractivity contribution in [3.05, 3.63) is 54.2 Å². The molecule has 0 spiro atoms. The molecular weight excluding hydrogens is 262 g/mol. The molecule has 5 nitrogen and oxygen atoms in total. The Morgan fingerprint density at radius 1 is 1.33 bits per heavy atom. The highest BCUT2D eigenvalue weighted by atomic mass is 15.2. The van der Waals surface area contributed by atoms with Crippen LogP contribution in [-0.2, 0) is 13.6 Å². The van der Waals surface area contributed by atoms with E-state index in [1.165, 1.54) is 0 Å². The molecule has 0 aliphatic rings. The van der Waals surface area contributed by atoms with Gasteiger partial charge in [-0.05, 0) is 12.1 Å². The zero-order chi connectivity index (χ0) is 14.8. The fraction of sp³-hybridized carbons (Fsp3) is 0.188. The molecule has 0 saturated carbocycles. The first-order valence-corrected chi connectivity index (χ1v) is 6.66. The van der Waals surface area contributed by atoms with Crippen LogP contribution in [0.1, 0.15) is 11.5 Å². The zero-order valence-corrected chi connectivity index (χ0v) is 12.0. The number of aryl methyl sites for hydroxylation is 1. The molecule has 0 saturated heterocycles. The van der Waals surface area contributed by atoms with Crippen LogP contribution in [0.3, 0.4) is 0 Å². The van der Waals surface area contributed by atoms with Gasteiger partial charge in [0.25, 0.3) is 0 Å². The Morgan fingerprint density at radius 2 is 2.14 bits per heavy atom. The number of para-hydroxylation sites is 1. The molecule has 0 unspecified atom stereocenters. The lowest BCUT2D eigenvalue weighted by Crippen LogP contribution is -2.19. The highest BCUT2D eigenvalue weighted by Gasteiger charge is 2.11. The molecule has 1 aromatic carbocycles. The normalized spacial score (nSPS) is 10.5. The van der Waals surface area contributed by atoms with E-state index < -0.39 is 0 Å². The van der Waals surface area contributed by atoms with E-state index in [-0.39, 0.29) is 0 Å². The largest absolute Gasteiger partial charge is 0.366 e. The molecule has 3 aromatic rings. The van der Waals surface area contributed by atoms with Gasteiger partial charge in [0.2, 0.25) is 0 Å². The first-order valence-electron chi connectivity index (χ1n) is 6.66. The second-order valence-corrected chi connectivity index (χ2v) is 4.97. The zero-order valence-electron chi connectivity index (χ0n) is 12.0. The number of imidazole rings is 1. The predicted molar refractivity (Wildman–Crippen MR) is 81.8 cm³/mol. The van der Waals surface area contributed by atoms with Crippen LogP contribution in [0.25, 0.3) is 10.9 Å². The van der Waals surface area contributed by atoms with Crippen molar-refractivity contribution in [2.24, 2.45) is 7.05 Å². The van der Waals surface area contributed by atoms with E-state index in [9.17, 15) is 0 Å². The minimum atomic E-state index is 0.426. The monoisotopic (exact) mass is 277 g/mol. The van der Waals surface area contributed by atoms with Crippen LogP contribution in [0.2, 0.25) is 0 Å². The third kappa shape index (κ3) is 2.43. The molecular formula is C16H15N5. The maximum atomic E-state index is 9.16. The van der Waals surface area contributed by atoms with Gasteiger partial charge in [0.15, 0.2) is 0 Å². The van der Waals surface area contributed by atoms with Crippen LogP contribution in [0.4, 0.5) is 5.69 Å². The summed E-state index contributed by atoms with van der Waals surface area (Å²) in [5.41, 5.74) is 2.24. The van der Waals surface area contributed by atoms with Crippen molar-refractivity contribution in [1.29, 1.82) is 5.26 Å². The maximum Gasteiger partial charge on any atom is 0.143 e. The van der Waals surface area contributed by atoms with Gasteiger partial charge in [0.05, 0.1) is 12.1 Å². The lowest BCUT2D eigenvalue weighted by Gasteiger charge is -2.21. The minimum absolute atomic E-state index is 0.426. The van der Waals surface area contributed by atoms with Gasteiger partial charge in [-0.25, -0.2) is 9.97 Å². The summed E-state index contributed by atoms with van der Waals surface area (Å²) in [7, 11) is 3.97. The molecule has 5 heteroatoms. The summed E-state index contributed by atoms with van der Waals surface area (Å²) in [5, 5.41) is 10.2. The summed E-state index contributed by atoms with van der Waals surface area (Å²) in [6.07, 6.45) is 3.71. The van der Waals surface area contributed by atoms with Crippen molar-refractivity contribution in [3.8, 4) is 6.07 Å². The van der Waals surface area contributed by atoms with E-state index >= 15 is 0 Å². The van der Waals surface area contributed by atoms with Gasteiger partial charge in [-0.2, -0.15) is 5.26 Å². The van der Waals surface area contributed by atoms with Crippen LogP contribution in [0.5, 0.6) is 0 Å². The lowest BCUT2D eigenvalue weighted by atomic mass is 10.1. The Morgan fingerprint density at radius 3 is 2.86 bits per heavy atom. The number of hydrogen-bond acceptors (Lipinski definition) is 4. The molecule has 0 amide bonds. The van der Waals surface area contributed by atoms with Gasteiger partial charge in [-0.3, -0.25) is 0 Å². The molecule has 104 valence electrons. The van der Waals surface area contributed by atoms with Crippen molar-refractivity contribution in [3.63, 3.8) is 0 Å². The van der Waals surface area contributed by atoms with E-state index in [4.69, 9.17) is 5.26 Å². The van der Waals surface area contributed by atoms with Gasteiger partial charge in [-0.15, -0.1) is 0 Å². The van der Waals surface area contributed by atoms with E-state index in [2.05, 4.69) is 20.9 Å².